The maximum Gasteiger partial charge on any atom is 0.0608 e. The molecule has 15 atom stereocenters. The van der Waals surface area contributed by atoms with E-state index >= 15 is 0 Å². The summed E-state index contributed by atoms with van der Waals surface area (Å²) in [6, 6.07) is 0. The lowest BCUT2D eigenvalue weighted by atomic mass is 9.55. The van der Waals surface area contributed by atoms with Crippen molar-refractivity contribution in [3.8, 4) is 0 Å². The summed E-state index contributed by atoms with van der Waals surface area (Å²) in [5, 5.41) is 0. The molecule has 0 aliphatic heterocycles. The van der Waals surface area contributed by atoms with Crippen molar-refractivity contribution in [1.29, 1.82) is 0 Å². The molecule has 25 heavy (non-hydrogen) atoms. The summed E-state index contributed by atoms with van der Waals surface area (Å²) in [6.45, 7) is 3.15. The number of hydrogen-bond donors (Lipinski definition) is 0. The third-order valence-electron chi connectivity index (χ3n) is 11.5. The smallest absolute Gasteiger partial charge is 0.0608 e. The van der Waals surface area contributed by atoms with Gasteiger partial charge in [-0.05, 0) is 122 Å². The molecule has 1 heteroatoms. The lowest BCUT2D eigenvalue weighted by Gasteiger charge is -2.50. The summed E-state index contributed by atoms with van der Waals surface area (Å²) >= 11 is 0. The van der Waals surface area contributed by atoms with E-state index in [2.05, 4.69) is 19.1 Å². The number of allylic oxidation sites excluding steroid dienone is 2. The Labute approximate surface area is 152 Å². The first-order chi connectivity index (χ1) is 12.3. The van der Waals surface area contributed by atoms with Gasteiger partial charge in [-0.25, -0.2) is 0 Å². The zero-order chi connectivity index (χ0) is 16.0. The lowest BCUT2D eigenvalue weighted by molar-refractivity contribution is -0.0651. The van der Waals surface area contributed by atoms with E-state index in [0.29, 0.717) is 6.10 Å². The molecular weight excluding hydrogens is 304 g/mol. The van der Waals surface area contributed by atoms with Crippen LogP contribution in [0.15, 0.2) is 12.2 Å². The Hall–Kier alpha value is -0.300. The minimum absolute atomic E-state index is 0.644. The third-order valence-corrected chi connectivity index (χ3v) is 11.5. The van der Waals surface area contributed by atoms with Gasteiger partial charge >= 0.3 is 0 Å². The first kappa shape index (κ1) is 13.8. The van der Waals surface area contributed by atoms with E-state index in [1.807, 2.05) is 0 Å². The molecule has 0 saturated heterocycles. The zero-order valence-electron chi connectivity index (χ0n) is 15.5. The molecule has 8 aliphatic carbocycles. The van der Waals surface area contributed by atoms with Gasteiger partial charge in [-0.2, -0.15) is 0 Å². The summed E-state index contributed by atoms with van der Waals surface area (Å²) in [5.41, 5.74) is 0. The molecule has 134 valence electrons. The molecule has 7 fully saturated rings. The summed E-state index contributed by atoms with van der Waals surface area (Å²) in [5.74, 6) is 15.4. The standard InChI is InChI=1S/C24H32O/c1-2-25-18-7-12-6-13(18)22-17-9-16(21(12)22)23-14-8-15(24(17)23)20-11-4-3-10(5-11)19(14)20/h3-4,10-24H,2,5-9H2,1H3. The summed E-state index contributed by atoms with van der Waals surface area (Å²) in [7, 11) is 0. The third kappa shape index (κ3) is 1.33. The normalized spacial score (nSPS) is 72.0. The maximum absolute atomic E-state index is 6.23. The van der Waals surface area contributed by atoms with Crippen LogP contribution >= 0.6 is 0 Å². The maximum atomic E-state index is 6.23. The molecule has 0 N–H and O–H groups in total. The van der Waals surface area contributed by atoms with Crippen molar-refractivity contribution in [2.24, 2.45) is 82.9 Å². The van der Waals surface area contributed by atoms with Gasteiger partial charge in [-0.1, -0.05) is 12.2 Å². The number of ether oxygens (including phenoxy) is 1. The fourth-order valence-electron chi connectivity index (χ4n) is 11.8. The van der Waals surface area contributed by atoms with Crippen LogP contribution in [0.25, 0.3) is 0 Å². The second-order valence-electron chi connectivity index (χ2n) is 11.4. The SMILES string of the molecule is CCOC1CC2CC1C1C3CC(C21)C1C2CC(C4C5C=CC(C5)C24)C31. The molecule has 15 unspecified atom stereocenters. The van der Waals surface area contributed by atoms with E-state index in [1.54, 1.807) is 25.7 Å². The number of rotatable bonds is 2. The van der Waals surface area contributed by atoms with Crippen LogP contribution in [0.3, 0.4) is 0 Å². The van der Waals surface area contributed by atoms with Crippen molar-refractivity contribution < 1.29 is 4.74 Å². The Balaban J connectivity index is 1.17. The summed E-state index contributed by atoms with van der Waals surface area (Å²) in [4.78, 5) is 0. The molecule has 0 radical (unpaired) electrons. The molecule has 1 nitrogen and oxygen atoms in total. The van der Waals surface area contributed by atoms with Crippen molar-refractivity contribution in [2.45, 2.75) is 45.1 Å². The highest BCUT2D eigenvalue weighted by atomic mass is 16.5. The van der Waals surface area contributed by atoms with Crippen molar-refractivity contribution >= 4 is 0 Å². The Bertz CT molecular complexity index is 667. The van der Waals surface area contributed by atoms with Crippen molar-refractivity contribution in [3.63, 3.8) is 0 Å². The first-order valence-electron chi connectivity index (χ1n) is 11.6. The largest absolute Gasteiger partial charge is 0.378 e. The predicted molar refractivity (Wildman–Crippen MR) is 96.5 cm³/mol. The van der Waals surface area contributed by atoms with E-state index in [1.165, 1.54) is 12.3 Å². The van der Waals surface area contributed by atoms with Gasteiger partial charge < -0.3 is 4.74 Å². The Kier molecular flexibility index (Phi) is 2.34. The molecular formula is C24H32O. The summed E-state index contributed by atoms with van der Waals surface area (Å²) in [6.07, 6.45) is 13.7. The van der Waals surface area contributed by atoms with Crippen LogP contribution in [0.5, 0.6) is 0 Å². The molecule has 8 aliphatic rings. The van der Waals surface area contributed by atoms with Crippen LogP contribution in [0, 0.1) is 82.9 Å². The Morgan fingerprint density at radius 1 is 0.640 bits per heavy atom. The van der Waals surface area contributed by atoms with E-state index in [4.69, 9.17) is 4.74 Å². The minimum atomic E-state index is 0.644. The number of hydrogen-bond acceptors (Lipinski definition) is 1. The van der Waals surface area contributed by atoms with Crippen LogP contribution in [-0.2, 0) is 4.74 Å². The lowest BCUT2D eigenvalue weighted by Crippen LogP contribution is -2.47. The van der Waals surface area contributed by atoms with E-state index in [9.17, 15) is 0 Å². The highest BCUT2D eigenvalue weighted by Crippen LogP contribution is 2.80. The molecule has 7 saturated carbocycles. The second kappa shape index (κ2) is 4.23. The number of fused-ring (bicyclic) bond motifs is 23. The van der Waals surface area contributed by atoms with Gasteiger partial charge in [0.05, 0.1) is 6.10 Å². The van der Waals surface area contributed by atoms with Crippen LogP contribution in [-0.4, -0.2) is 12.7 Å². The molecule has 8 rings (SSSR count). The highest BCUT2D eigenvalue weighted by molar-refractivity contribution is 5.27. The quantitative estimate of drug-likeness (QED) is 0.527. The molecule has 0 heterocycles. The predicted octanol–water partition coefficient (Wildman–Crippen LogP) is 4.63. The highest BCUT2D eigenvalue weighted by Gasteiger charge is 2.75. The van der Waals surface area contributed by atoms with Crippen LogP contribution in [0.4, 0.5) is 0 Å². The average molecular weight is 337 g/mol. The van der Waals surface area contributed by atoms with Gasteiger partial charge in [-0.15, -0.1) is 0 Å². The second-order valence-corrected chi connectivity index (χ2v) is 11.4. The van der Waals surface area contributed by atoms with Gasteiger partial charge in [0.2, 0.25) is 0 Å². The van der Waals surface area contributed by atoms with Crippen molar-refractivity contribution in [3.05, 3.63) is 12.2 Å². The fourth-order valence-corrected chi connectivity index (χ4v) is 11.8. The molecule has 0 aromatic heterocycles. The Morgan fingerprint density at radius 2 is 1.24 bits per heavy atom. The van der Waals surface area contributed by atoms with Crippen molar-refractivity contribution in [1.82, 2.24) is 0 Å². The molecule has 0 spiro atoms. The van der Waals surface area contributed by atoms with E-state index < -0.39 is 0 Å². The molecule has 0 amide bonds. The molecule has 0 aromatic rings. The van der Waals surface area contributed by atoms with Crippen LogP contribution in [0.1, 0.15) is 39.0 Å². The first-order valence-corrected chi connectivity index (χ1v) is 11.6. The summed E-state index contributed by atoms with van der Waals surface area (Å²) < 4.78 is 6.23. The average Bonchev–Trinajstić information content (AvgIpc) is 3.46. The van der Waals surface area contributed by atoms with Gasteiger partial charge in [0.1, 0.15) is 0 Å². The van der Waals surface area contributed by atoms with Gasteiger partial charge in [0, 0.05) is 6.61 Å². The van der Waals surface area contributed by atoms with E-state index in [0.717, 1.165) is 83.5 Å². The van der Waals surface area contributed by atoms with Crippen molar-refractivity contribution in [2.75, 3.05) is 6.61 Å². The zero-order valence-corrected chi connectivity index (χ0v) is 15.5. The molecule has 0 aromatic carbocycles. The van der Waals surface area contributed by atoms with Gasteiger partial charge in [-0.3, -0.25) is 0 Å². The molecule has 8 bridgehead atoms. The topological polar surface area (TPSA) is 9.23 Å². The fraction of sp³-hybridized carbons (Fsp3) is 0.917. The van der Waals surface area contributed by atoms with Crippen LogP contribution in [0.2, 0.25) is 0 Å². The van der Waals surface area contributed by atoms with Gasteiger partial charge in [0.15, 0.2) is 0 Å². The van der Waals surface area contributed by atoms with Crippen LogP contribution < -0.4 is 0 Å². The minimum Gasteiger partial charge on any atom is -0.378 e. The monoisotopic (exact) mass is 336 g/mol. The van der Waals surface area contributed by atoms with Gasteiger partial charge in [0.25, 0.3) is 0 Å². The van der Waals surface area contributed by atoms with E-state index in [-0.39, 0.29) is 0 Å². The Morgan fingerprint density at radius 3 is 1.92 bits per heavy atom.